The van der Waals surface area contributed by atoms with Gasteiger partial charge in [-0.1, -0.05) is 29.8 Å². The number of benzene rings is 2. The minimum Gasteiger partial charge on any atom is -0.493 e. The van der Waals surface area contributed by atoms with Gasteiger partial charge in [-0.25, -0.2) is 4.39 Å². The lowest BCUT2D eigenvalue weighted by molar-refractivity contribution is 0.198. The molecule has 0 spiro atoms. The van der Waals surface area contributed by atoms with Gasteiger partial charge in [-0.3, -0.25) is 0 Å². The minimum atomic E-state index is -0.599. The number of rotatable bonds is 5. The summed E-state index contributed by atoms with van der Waals surface area (Å²) >= 11 is 5.73. The standard InChI is InChI=1S/C16H16ClFO3/c1-10(19)11-6-7-14(15(8-11)20-2)21-9-12-4-3-5-13(17)16(12)18/h3-8,10,19H,9H2,1-2H3. The summed E-state index contributed by atoms with van der Waals surface area (Å²) in [6.07, 6.45) is -0.599. The van der Waals surface area contributed by atoms with Gasteiger partial charge in [0.1, 0.15) is 12.4 Å². The van der Waals surface area contributed by atoms with Gasteiger partial charge in [0.2, 0.25) is 0 Å². The van der Waals surface area contributed by atoms with Crippen LogP contribution in [0.4, 0.5) is 4.39 Å². The fraction of sp³-hybridized carbons (Fsp3) is 0.250. The van der Waals surface area contributed by atoms with Crippen LogP contribution in [0.2, 0.25) is 5.02 Å². The molecule has 112 valence electrons. The molecular formula is C16H16ClFO3. The number of hydrogen-bond donors (Lipinski definition) is 1. The third kappa shape index (κ3) is 3.65. The Labute approximate surface area is 127 Å². The Morgan fingerprint density at radius 2 is 2.00 bits per heavy atom. The van der Waals surface area contributed by atoms with Gasteiger partial charge in [-0.05, 0) is 30.7 Å². The Morgan fingerprint density at radius 1 is 1.24 bits per heavy atom. The normalized spacial score (nSPS) is 12.0. The second kappa shape index (κ2) is 6.78. The van der Waals surface area contributed by atoms with Crippen molar-refractivity contribution in [1.29, 1.82) is 0 Å². The van der Waals surface area contributed by atoms with Gasteiger partial charge in [0.05, 0.1) is 18.2 Å². The van der Waals surface area contributed by atoms with Crippen molar-refractivity contribution in [2.75, 3.05) is 7.11 Å². The van der Waals surface area contributed by atoms with Crippen LogP contribution in [-0.4, -0.2) is 12.2 Å². The molecule has 5 heteroatoms. The molecule has 0 aliphatic heterocycles. The van der Waals surface area contributed by atoms with E-state index in [1.807, 2.05) is 0 Å². The molecule has 0 radical (unpaired) electrons. The van der Waals surface area contributed by atoms with Crippen molar-refractivity contribution in [3.8, 4) is 11.5 Å². The summed E-state index contributed by atoms with van der Waals surface area (Å²) in [6, 6.07) is 9.86. The molecule has 1 atom stereocenters. The number of ether oxygens (including phenoxy) is 2. The van der Waals surface area contributed by atoms with E-state index in [1.165, 1.54) is 13.2 Å². The third-order valence-electron chi connectivity index (χ3n) is 3.08. The van der Waals surface area contributed by atoms with Crippen LogP contribution in [0.1, 0.15) is 24.2 Å². The lowest BCUT2D eigenvalue weighted by Crippen LogP contribution is -2.01. The van der Waals surface area contributed by atoms with Gasteiger partial charge in [-0.2, -0.15) is 0 Å². The maximum Gasteiger partial charge on any atom is 0.161 e. The van der Waals surface area contributed by atoms with Gasteiger partial charge < -0.3 is 14.6 Å². The summed E-state index contributed by atoms with van der Waals surface area (Å²) < 4.78 is 24.6. The van der Waals surface area contributed by atoms with Crippen molar-refractivity contribution in [3.63, 3.8) is 0 Å². The Kier molecular flexibility index (Phi) is 5.04. The van der Waals surface area contributed by atoms with Gasteiger partial charge >= 0.3 is 0 Å². The van der Waals surface area contributed by atoms with Gasteiger partial charge in [0.15, 0.2) is 11.5 Å². The molecule has 0 fully saturated rings. The van der Waals surface area contributed by atoms with E-state index >= 15 is 0 Å². The number of methoxy groups -OCH3 is 1. The zero-order valence-corrected chi connectivity index (χ0v) is 12.5. The molecule has 0 amide bonds. The molecule has 0 bridgehead atoms. The maximum absolute atomic E-state index is 13.8. The smallest absolute Gasteiger partial charge is 0.161 e. The minimum absolute atomic E-state index is 0.0385. The number of halogens is 2. The lowest BCUT2D eigenvalue weighted by atomic mass is 10.1. The SMILES string of the molecule is COc1cc(C(C)O)ccc1OCc1cccc(Cl)c1F. The molecule has 21 heavy (non-hydrogen) atoms. The molecule has 0 saturated heterocycles. The fourth-order valence-electron chi connectivity index (χ4n) is 1.88. The molecule has 0 aliphatic carbocycles. The fourth-order valence-corrected chi connectivity index (χ4v) is 2.07. The van der Waals surface area contributed by atoms with E-state index < -0.39 is 11.9 Å². The third-order valence-corrected chi connectivity index (χ3v) is 3.38. The van der Waals surface area contributed by atoms with Crippen LogP contribution in [0.3, 0.4) is 0 Å². The molecule has 1 unspecified atom stereocenters. The summed E-state index contributed by atoms with van der Waals surface area (Å²) in [5.41, 5.74) is 1.08. The van der Waals surface area contributed by atoms with Crippen molar-refractivity contribution in [2.45, 2.75) is 19.6 Å². The van der Waals surface area contributed by atoms with E-state index in [0.717, 1.165) is 0 Å². The topological polar surface area (TPSA) is 38.7 Å². The largest absolute Gasteiger partial charge is 0.493 e. The van der Waals surface area contributed by atoms with E-state index in [2.05, 4.69) is 0 Å². The van der Waals surface area contributed by atoms with Gasteiger partial charge in [0, 0.05) is 5.56 Å². The molecule has 2 rings (SSSR count). The molecule has 1 N–H and O–H groups in total. The monoisotopic (exact) mass is 310 g/mol. The molecule has 0 heterocycles. The first-order chi connectivity index (χ1) is 10.0. The van der Waals surface area contributed by atoms with Crippen LogP contribution in [0.5, 0.6) is 11.5 Å². The highest BCUT2D eigenvalue weighted by Crippen LogP contribution is 2.31. The van der Waals surface area contributed by atoms with E-state index in [1.54, 1.807) is 37.3 Å². The second-order valence-electron chi connectivity index (χ2n) is 4.59. The summed E-state index contributed by atoms with van der Waals surface area (Å²) in [5, 5.41) is 9.61. The zero-order valence-electron chi connectivity index (χ0n) is 11.8. The van der Waals surface area contributed by atoms with Crippen LogP contribution >= 0.6 is 11.6 Å². The zero-order chi connectivity index (χ0) is 15.4. The number of aliphatic hydroxyl groups is 1. The van der Waals surface area contributed by atoms with E-state index in [0.29, 0.717) is 22.6 Å². The van der Waals surface area contributed by atoms with Crippen LogP contribution in [0.15, 0.2) is 36.4 Å². The first-order valence-corrected chi connectivity index (χ1v) is 6.82. The summed E-state index contributed by atoms with van der Waals surface area (Å²) in [6.45, 7) is 1.70. The summed E-state index contributed by atoms with van der Waals surface area (Å²) in [5.74, 6) is 0.468. The van der Waals surface area contributed by atoms with Crippen molar-refractivity contribution in [3.05, 3.63) is 58.4 Å². The van der Waals surface area contributed by atoms with E-state index in [-0.39, 0.29) is 11.6 Å². The maximum atomic E-state index is 13.8. The molecule has 0 saturated carbocycles. The molecule has 3 nitrogen and oxygen atoms in total. The van der Waals surface area contributed by atoms with Crippen molar-refractivity contribution < 1.29 is 19.0 Å². The predicted octanol–water partition coefficient (Wildman–Crippen LogP) is 4.12. The predicted molar refractivity (Wildman–Crippen MR) is 79.4 cm³/mol. The average molecular weight is 311 g/mol. The Balaban J connectivity index is 2.18. The number of aliphatic hydroxyl groups excluding tert-OH is 1. The van der Waals surface area contributed by atoms with E-state index in [4.69, 9.17) is 21.1 Å². The Morgan fingerprint density at radius 3 is 2.67 bits per heavy atom. The highest BCUT2D eigenvalue weighted by atomic mass is 35.5. The molecule has 0 aromatic heterocycles. The Bertz CT molecular complexity index is 629. The molecule has 2 aromatic rings. The average Bonchev–Trinajstić information content (AvgIpc) is 2.48. The van der Waals surface area contributed by atoms with Crippen LogP contribution in [-0.2, 0) is 6.61 Å². The first kappa shape index (κ1) is 15.6. The Hall–Kier alpha value is -1.78. The summed E-state index contributed by atoms with van der Waals surface area (Å²) in [7, 11) is 1.51. The molecule has 2 aromatic carbocycles. The van der Waals surface area contributed by atoms with Gasteiger partial charge in [0.25, 0.3) is 0 Å². The molecular weight excluding hydrogens is 295 g/mol. The number of hydrogen-bond acceptors (Lipinski definition) is 3. The van der Waals surface area contributed by atoms with Crippen LogP contribution in [0.25, 0.3) is 0 Å². The van der Waals surface area contributed by atoms with Crippen molar-refractivity contribution >= 4 is 11.6 Å². The highest BCUT2D eigenvalue weighted by molar-refractivity contribution is 6.30. The van der Waals surface area contributed by atoms with E-state index in [9.17, 15) is 9.50 Å². The van der Waals surface area contributed by atoms with Crippen LogP contribution in [0, 0.1) is 5.82 Å². The second-order valence-corrected chi connectivity index (χ2v) is 5.00. The van der Waals surface area contributed by atoms with Gasteiger partial charge in [-0.15, -0.1) is 0 Å². The summed E-state index contributed by atoms with van der Waals surface area (Å²) in [4.78, 5) is 0. The molecule has 0 aliphatic rings. The highest BCUT2D eigenvalue weighted by Gasteiger charge is 2.11. The van der Waals surface area contributed by atoms with Crippen molar-refractivity contribution in [2.24, 2.45) is 0 Å². The first-order valence-electron chi connectivity index (χ1n) is 6.44. The quantitative estimate of drug-likeness (QED) is 0.903. The van der Waals surface area contributed by atoms with Crippen molar-refractivity contribution in [1.82, 2.24) is 0 Å². The van der Waals surface area contributed by atoms with Crippen LogP contribution < -0.4 is 9.47 Å². The lowest BCUT2D eigenvalue weighted by Gasteiger charge is -2.13.